The Labute approximate surface area is 162 Å². The number of nitrogens with zero attached hydrogens (tertiary/aromatic N) is 4. The van der Waals surface area contributed by atoms with E-state index in [2.05, 4.69) is 20.8 Å². The van der Waals surface area contributed by atoms with Crippen LogP contribution in [0.3, 0.4) is 0 Å². The molecule has 3 rings (SSSR count). The predicted octanol–water partition coefficient (Wildman–Crippen LogP) is 1.73. The van der Waals surface area contributed by atoms with Crippen molar-refractivity contribution in [3.05, 3.63) is 59.7 Å². The molecule has 0 unspecified atom stereocenters. The number of hydrogen-bond acceptors (Lipinski definition) is 5. The fourth-order valence-electron chi connectivity index (χ4n) is 2.75. The van der Waals surface area contributed by atoms with Crippen molar-refractivity contribution in [1.29, 1.82) is 0 Å². The highest BCUT2D eigenvalue weighted by Crippen LogP contribution is 2.21. The minimum atomic E-state index is -0.377. The van der Waals surface area contributed by atoms with Gasteiger partial charge in [-0.2, -0.15) is 10.2 Å². The molecule has 9 heteroatoms. The number of para-hydroxylation sites is 1. The average molecular weight is 382 g/mol. The highest BCUT2D eigenvalue weighted by molar-refractivity contribution is 6.09. The molecule has 1 aromatic carbocycles. The maximum Gasteiger partial charge on any atom is 0.271 e. The van der Waals surface area contributed by atoms with Gasteiger partial charge >= 0.3 is 0 Å². The summed E-state index contributed by atoms with van der Waals surface area (Å²) >= 11 is 0. The number of aryl methyl sites for hydroxylation is 2. The molecule has 0 saturated heterocycles. The third-order valence-corrected chi connectivity index (χ3v) is 4.04. The summed E-state index contributed by atoms with van der Waals surface area (Å²) in [5, 5.41) is 13.7. The molecule has 2 amide bonds. The molecule has 0 fully saturated rings. The molecular formula is C19H22N6O3. The molecular weight excluding hydrogens is 360 g/mol. The fraction of sp³-hybridized carbons (Fsp3) is 0.263. The Bertz CT molecular complexity index is 991. The normalized spacial score (nSPS) is 10.5. The number of anilines is 1. The second kappa shape index (κ2) is 8.38. The Kier molecular flexibility index (Phi) is 5.73. The van der Waals surface area contributed by atoms with Crippen LogP contribution in [0, 0.1) is 0 Å². The van der Waals surface area contributed by atoms with Crippen molar-refractivity contribution < 1.29 is 14.3 Å². The summed E-state index contributed by atoms with van der Waals surface area (Å²) in [5.74, 6) is -0.246. The van der Waals surface area contributed by atoms with Gasteiger partial charge in [0.15, 0.2) is 0 Å². The molecule has 3 aromatic rings. The summed E-state index contributed by atoms with van der Waals surface area (Å²) in [6, 6.07) is 6.94. The van der Waals surface area contributed by atoms with E-state index < -0.39 is 0 Å². The van der Waals surface area contributed by atoms with Gasteiger partial charge in [-0.15, -0.1) is 0 Å². The molecule has 9 nitrogen and oxygen atoms in total. The van der Waals surface area contributed by atoms with Crippen LogP contribution in [-0.4, -0.2) is 38.0 Å². The van der Waals surface area contributed by atoms with E-state index >= 15 is 0 Å². The number of nitrogens with one attached hydrogen (secondary N) is 2. The minimum Gasteiger partial charge on any atom is -0.493 e. The highest BCUT2D eigenvalue weighted by atomic mass is 16.5. The van der Waals surface area contributed by atoms with Gasteiger partial charge in [-0.1, -0.05) is 12.1 Å². The van der Waals surface area contributed by atoms with Crippen LogP contribution in [0.4, 0.5) is 5.69 Å². The molecule has 0 atom stereocenters. The van der Waals surface area contributed by atoms with E-state index in [1.165, 1.54) is 10.9 Å². The van der Waals surface area contributed by atoms with E-state index in [0.29, 0.717) is 30.2 Å². The first kappa shape index (κ1) is 19.2. The summed E-state index contributed by atoms with van der Waals surface area (Å²) in [6.07, 6.45) is 4.94. The molecule has 0 spiro atoms. The van der Waals surface area contributed by atoms with E-state index in [1.807, 2.05) is 13.1 Å². The number of aromatic nitrogens is 4. The number of ether oxygens (including phenoxy) is 1. The average Bonchev–Trinajstić information content (AvgIpc) is 3.26. The lowest BCUT2D eigenvalue weighted by Crippen LogP contribution is -2.26. The Balaban J connectivity index is 1.75. The van der Waals surface area contributed by atoms with Gasteiger partial charge in [0, 0.05) is 32.4 Å². The van der Waals surface area contributed by atoms with Gasteiger partial charge in [0.25, 0.3) is 11.8 Å². The van der Waals surface area contributed by atoms with Crippen molar-refractivity contribution >= 4 is 17.5 Å². The first-order valence-electron chi connectivity index (χ1n) is 8.80. The molecule has 0 aliphatic heterocycles. The number of benzene rings is 1. The van der Waals surface area contributed by atoms with Gasteiger partial charge in [0.2, 0.25) is 0 Å². The Morgan fingerprint density at radius 1 is 1.11 bits per heavy atom. The summed E-state index contributed by atoms with van der Waals surface area (Å²) in [7, 11) is 3.45. The molecule has 2 heterocycles. The third-order valence-electron chi connectivity index (χ3n) is 4.04. The van der Waals surface area contributed by atoms with E-state index in [-0.39, 0.29) is 17.5 Å². The van der Waals surface area contributed by atoms with Crippen molar-refractivity contribution in [3.8, 4) is 5.75 Å². The van der Waals surface area contributed by atoms with Crippen molar-refractivity contribution in [3.63, 3.8) is 0 Å². The number of hydrogen-bond donors (Lipinski definition) is 2. The first-order valence-corrected chi connectivity index (χ1v) is 8.80. The smallest absolute Gasteiger partial charge is 0.271 e. The third kappa shape index (κ3) is 4.20. The number of amides is 2. The minimum absolute atomic E-state index is 0.256. The van der Waals surface area contributed by atoms with Crippen molar-refractivity contribution in [2.75, 3.05) is 11.9 Å². The zero-order valence-corrected chi connectivity index (χ0v) is 16.0. The van der Waals surface area contributed by atoms with E-state index in [1.54, 1.807) is 49.2 Å². The maximum absolute atomic E-state index is 12.7. The zero-order chi connectivity index (χ0) is 20.1. The summed E-state index contributed by atoms with van der Waals surface area (Å²) in [4.78, 5) is 25.3. The van der Waals surface area contributed by atoms with Crippen LogP contribution in [0.15, 0.2) is 42.9 Å². The van der Waals surface area contributed by atoms with Crippen LogP contribution in [0.5, 0.6) is 5.75 Å². The van der Waals surface area contributed by atoms with Crippen LogP contribution in [0.1, 0.15) is 33.3 Å². The van der Waals surface area contributed by atoms with Crippen LogP contribution in [0.2, 0.25) is 0 Å². The lowest BCUT2D eigenvalue weighted by Gasteiger charge is -2.11. The van der Waals surface area contributed by atoms with Crippen molar-refractivity contribution in [2.45, 2.75) is 13.5 Å². The van der Waals surface area contributed by atoms with Crippen molar-refractivity contribution in [1.82, 2.24) is 24.9 Å². The fourth-order valence-corrected chi connectivity index (χ4v) is 2.75. The monoisotopic (exact) mass is 382 g/mol. The van der Waals surface area contributed by atoms with E-state index in [9.17, 15) is 9.59 Å². The van der Waals surface area contributed by atoms with Crippen LogP contribution in [-0.2, 0) is 20.6 Å². The highest BCUT2D eigenvalue weighted by Gasteiger charge is 2.20. The van der Waals surface area contributed by atoms with Gasteiger partial charge in [-0.25, -0.2) is 0 Å². The van der Waals surface area contributed by atoms with Crippen LogP contribution >= 0.6 is 0 Å². The summed E-state index contributed by atoms with van der Waals surface area (Å²) < 4.78 is 8.58. The number of carbonyl (C=O) groups is 2. The molecule has 0 saturated carbocycles. The second-order valence-electron chi connectivity index (χ2n) is 6.12. The van der Waals surface area contributed by atoms with Gasteiger partial charge in [-0.3, -0.25) is 19.0 Å². The molecule has 146 valence electrons. The number of carbonyl (C=O) groups excluding carboxylic acids is 2. The molecule has 2 N–H and O–H groups in total. The van der Waals surface area contributed by atoms with Gasteiger partial charge in [0.05, 0.1) is 30.3 Å². The SMILES string of the molecule is CCOc1ccccc1C(=O)Nc1cnn(C)c1C(=O)NCc1cnn(C)c1. The largest absolute Gasteiger partial charge is 0.493 e. The Morgan fingerprint density at radius 2 is 1.89 bits per heavy atom. The first-order chi connectivity index (χ1) is 13.5. The lowest BCUT2D eigenvalue weighted by atomic mass is 10.2. The Hall–Kier alpha value is -3.62. The Morgan fingerprint density at radius 3 is 2.61 bits per heavy atom. The molecule has 0 radical (unpaired) electrons. The molecule has 0 bridgehead atoms. The number of rotatable bonds is 7. The molecule has 0 aliphatic carbocycles. The van der Waals surface area contributed by atoms with Gasteiger partial charge in [-0.05, 0) is 19.1 Å². The molecule has 28 heavy (non-hydrogen) atoms. The van der Waals surface area contributed by atoms with Crippen LogP contribution in [0.25, 0.3) is 0 Å². The lowest BCUT2D eigenvalue weighted by molar-refractivity contribution is 0.0942. The second-order valence-corrected chi connectivity index (χ2v) is 6.12. The quantitative estimate of drug-likeness (QED) is 0.648. The predicted molar refractivity (Wildman–Crippen MR) is 103 cm³/mol. The van der Waals surface area contributed by atoms with Crippen molar-refractivity contribution in [2.24, 2.45) is 14.1 Å². The summed E-state index contributed by atoms with van der Waals surface area (Å²) in [5.41, 5.74) is 1.83. The summed E-state index contributed by atoms with van der Waals surface area (Å²) in [6.45, 7) is 2.61. The van der Waals surface area contributed by atoms with E-state index in [0.717, 1.165) is 5.56 Å². The molecule has 0 aliphatic rings. The standard InChI is InChI=1S/C19H22N6O3/c1-4-28-16-8-6-5-7-14(16)18(26)23-15-11-22-25(3)17(15)19(27)20-9-13-10-21-24(2)12-13/h5-8,10-12H,4,9H2,1-3H3,(H,20,27)(H,23,26). The maximum atomic E-state index is 12.7. The van der Waals surface area contributed by atoms with Crippen LogP contribution < -0.4 is 15.4 Å². The molecule has 2 aromatic heterocycles. The zero-order valence-electron chi connectivity index (χ0n) is 16.0. The topological polar surface area (TPSA) is 103 Å². The van der Waals surface area contributed by atoms with E-state index in [4.69, 9.17) is 4.74 Å². The van der Waals surface area contributed by atoms with Gasteiger partial charge < -0.3 is 15.4 Å². The van der Waals surface area contributed by atoms with Gasteiger partial charge in [0.1, 0.15) is 11.4 Å².